The molecule has 0 aliphatic carbocycles. The predicted octanol–water partition coefficient (Wildman–Crippen LogP) is 3.81. The van der Waals surface area contributed by atoms with E-state index in [1.807, 2.05) is 60.7 Å². The summed E-state index contributed by atoms with van der Waals surface area (Å²) < 4.78 is 1.62. The number of H-pyrrole nitrogens is 1. The van der Waals surface area contributed by atoms with E-state index >= 15 is 0 Å². The molecule has 5 nitrogen and oxygen atoms in total. The maximum atomic E-state index is 12.7. The van der Waals surface area contributed by atoms with Gasteiger partial charge in [-0.3, -0.25) is 9.36 Å². The molecule has 4 rings (SSSR count). The van der Waals surface area contributed by atoms with Crippen molar-refractivity contribution in [1.29, 1.82) is 5.26 Å². The fourth-order valence-electron chi connectivity index (χ4n) is 3.43. The zero-order valence-corrected chi connectivity index (χ0v) is 15.1. The summed E-state index contributed by atoms with van der Waals surface area (Å²) in [6.07, 6.45) is 5.79. The monoisotopic (exact) mass is 366 g/mol. The standard InChI is InChI=1S/C23H18N4O/c24-14-18-6-4-5-9-20(18)21(22-15-25-16-26-22)12-17-10-11-27(23(28)13-17)19-7-2-1-3-8-19/h1-11,13,15-16,21H,12H2,(H,25,26). The van der Waals surface area contributed by atoms with E-state index < -0.39 is 0 Å². The molecule has 0 saturated carbocycles. The number of benzene rings is 2. The number of nitrogens with one attached hydrogen (secondary N) is 1. The molecule has 0 bridgehead atoms. The summed E-state index contributed by atoms with van der Waals surface area (Å²) >= 11 is 0. The summed E-state index contributed by atoms with van der Waals surface area (Å²) in [6, 6.07) is 23.0. The minimum absolute atomic E-state index is 0.0828. The quantitative estimate of drug-likeness (QED) is 0.584. The van der Waals surface area contributed by atoms with Crippen molar-refractivity contribution in [1.82, 2.24) is 14.5 Å². The van der Waals surface area contributed by atoms with Gasteiger partial charge in [-0.2, -0.15) is 5.26 Å². The molecule has 2 aromatic heterocycles. The number of aromatic amines is 1. The third-order valence-corrected chi connectivity index (χ3v) is 4.81. The van der Waals surface area contributed by atoms with E-state index in [9.17, 15) is 10.1 Å². The topological polar surface area (TPSA) is 74.5 Å². The molecule has 0 fully saturated rings. The maximum absolute atomic E-state index is 12.7. The van der Waals surface area contributed by atoms with E-state index in [1.165, 1.54) is 0 Å². The van der Waals surface area contributed by atoms with E-state index in [0.29, 0.717) is 12.0 Å². The number of para-hydroxylation sites is 1. The minimum atomic E-state index is -0.0923. The number of aromatic nitrogens is 3. The Morgan fingerprint density at radius 1 is 1.07 bits per heavy atom. The van der Waals surface area contributed by atoms with Crippen LogP contribution in [0.15, 0.2) is 90.2 Å². The molecule has 0 radical (unpaired) electrons. The number of nitrogens with zero attached hydrogens (tertiary/aromatic N) is 3. The lowest BCUT2D eigenvalue weighted by Crippen LogP contribution is -2.18. The molecule has 1 atom stereocenters. The summed E-state index contributed by atoms with van der Waals surface area (Å²) in [6.45, 7) is 0. The van der Waals surface area contributed by atoms with Crippen molar-refractivity contribution in [2.75, 3.05) is 0 Å². The normalized spacial score (nSPS) is 11.7. The number of hydrogen-bond acceptors (Lipinski definition) is 3. The van der Waals surface area contributed by atoms with Crippen LogP contribution in [0, 0.1) is 11.3 Å². The van der Waals surface area contributed by atoms with Gasteiger partial charge in [0.2, 0.25) is 0 Å². The van der Waals surface area contributed by atoms with E-state index in [1.54, 1.807) is 29.4 Å². The summed E-state index contributed by atoms with van der Waals surface area (Å²) in [5.41, 5.74) is 4.11. The summed E-state index contributed by atoms with van der Waals surface area (Å²) in [5.74, 6) is -0.0923. The van der Waals surface area contributed by atoms with Gasteiger partial charge in [0.15, 0.2) is 0 Å². The van der Waals surface area contributed by atoms with Gasteiger partial charge < -0.3 is 4.98 Å². The van der Waals surface area contributed by atoms with E-state index in [4.69, 9.17) is 0 Å². The highest BCUT2D eigenvalue weighted by atomic mass is 16.1. The summed E-state index contributed by atoms with van der Waals surface area (Å²) in [5, 5.41) is 9.51. The number of pyridine rings is 1. The first-order valence-electron chi connectivity index (χ1n) is 9.00. The van der Waals surface area contributed by atoms with Gasteiger partial charge in [-0.05, 0) is 41.8 Å². The molecule has 5 heteroatoms. The first-order chi connectivity index (χ1) is 13.8. The van der Waals surface area contributed by atoms with Crippen molar-refractivity contribution < 1.29 is 0 Å². The lowest BCUT2D eigenvalue weighted by molar-refractivity contribution is 0.772. The fraction of sp³-hybridized carbons (Fsp3) is 0.0870. The second-order valence-electron chi connectivity index (χ2n) is 6.54. The van der Waals surface area contributed by atoms with Gasteiger partial charge in [0, 0.05) is 35.8 Å². The van der Waals surface area contributed by atoms with Crippen LogP contribution in [0.25, 0.3) is 5.69 Å². The Bertz CT molecular complexity index is 1170. The van der Waals surface area contributed by atoms with Gasteiger partial charge >= 0.3 is 0 Å². The highest BCUT2D eigenvalue weighted by molar-refractivity contribution is 5.43. The van der Waals surface area contributed by atoms with Crippen LogP contribution < -0.4 is 5.56 Å². The first-order valence-corrected chi connectivity index (χ1v) is 9.00. The molecule has 2 aromatic carbocycles. The predicted molar refractivity (Wildman–Crippen MR) is 107 cm³/mol. The molecule has 0 aliphatic rings. The largest absolute Gasteiger partial charge is 0.348 e. The van der Waals surface area contributed by atoms with Gasteiger partial charge in [-0.25, -0.2) is 4.98 Å². The number of imidazole rings is 1. The highest BCUT2D eigenvalue weighted by Gasteiger charge is 2.20. The Kier molecular flexibility index (Phi) is 4.85. The van der Waals surface area contributed by atoms with Gasteiger partial charge in [0.1, 0.15) is 0 Å². The minimum Gasteiger partial charge on any atom is -0.348 e. The second-order valence-corrected chi connectivity index (χ2v) is 6.54. The third-order valence-electron chi connectivity index (χ3n) is 4.81. The van der Waals surface area contributed by atoms with Crippen LogP contribution in [0.1, 0.15) is 28.3 Å². The molecule has 136 valence electrons. The van der Waals surface area contributed by atoms with Crippen molar-refractivity contribution in [3.8, 4) is 11.8 Å². The second kappa shape index (κ2) is 7.77. The highest BCUT2D eigenvalue weighted by Crippen LogP contribution is 2.29. The molecule has 0 saturated heterocycles. The summed E-state index contributed by atoms with van der Waals surface area (Å²) in [4.78, 5) is 19.9. The molecule has 0 amide bonds. The molecule has 0 aliphatic heterocycles. The van der Waals surface area contributed by atoms with Crippen LogP contribution >= 0.6 is 0 Å². The number of nitriles is 1. The van der Waals surface area contributed by atoms with Gasteiger partial charge in [0.05, 0.1) is 18.0 Å². The van der Waals surface area contributed by atoms with E-state index in [2.05, 4.69) is 16.0 Å². The Morgan fingerprint density at radius 2 is 1.86 bits per heavy atom. The first kappa shape index (κ1) is 17.5. The van der Waals surface area contributed by atoms with Crippen LogP contribution in [0.2, 0.25) is 0 Å². The molecule has 28 heavy (non-hydrogen) atoms. The molecule has 1 unspecified atom stereocenters. The molecule has 2 heterocycles. The van der Waals surface area contributed by atoms with E-state index in [-0.39, 0.29) is 11.5 Å². The molecule has 0 spiro atoms. The van der Waals surface area contributed by atoms with Crippen LogP contribution in [0.3, 0.4) is 0 Å². The molecular formula is C23H18N4O. The Labute approximate surface area is 162 Å². The number of rotatable bonds is 5. The Hall–Kier alpha value is -3.91. The zero-order valence-electron chi connectivity index (χ0n) is 15.1. The lowest BCUT2D eigenvalue weighted by atomic mass is 9.87. The third kappa shape index (κ3) is 3.49. The molecule has 4 aromatic rings. The van der Waals surface area contributed by atoms with Crippen molar-refractivity contribution in [3.63, 3.8) is 0 Å². The summed E-state index contributed by atoms with van der Waals surface area (Å²) in [7, 11) is 0. The van der Waals surface area contributed by atoms with Crippen molar-refractivity contribution in [2.45, 2.75) is 12.3 Å². The fourth-order valence-corrected chi connectivity index (χ4v) is 3.43. The van der Waals surface area contributed by atoms with E-state index in [0.717, 1.165) is 22.5 Å². The van der Waals surface area contributed by atoms with Crippen LogP contribution in [0.4, 0.5) is 0 Å². The van der Waals surface area contributed by atoms with Crippen molar-refractivity contribution in [3.05, 3.63) is 118 Å². The Morgan fingerprint density at radius 3 is 2.57 bits per heavy atom. The van der Waals surface area contributed by atoms with Crippen LogP contribution in [-0.2, 0) is 6.42 Å². The van der Waals surface area contributed by atoms with Crippen LogP contribution in [0.5, 0.6) is 0 Å². The van der Waals surface area contributed by atoms with Crippen LogP contribution in [-0.4, -0.2) is 14.5 Å². The number of hydrogen-bond donors (Lipinski definition) is 1. The van der Waals surface area contributed by atoms with Crippen molar-refractivity contribution >= 4 is 0 Å². The maximum Gasteiger partial charge on any atom is 0.255 e. The zero-order chi connectivity index (χ0) is 19.3. The molecule has 1 N–H and O–H groups in total. The lowest BCUT2D eigenvalue weighted by Gasteiger charge is -2.18. The molecular weight excluding hydrogens is 348 g/mol. The van der Waals surface area contributed by atoms with Crippen molar-refractivity contribution in [2.24, 2.45) is 0 Å². The van der Waals surface area contributed by atoms with Gasteiger partial charge in [0.25, 0.3) is 5.56 Å². The average molecular weight is 366 g/mol. The van der Waals surface area contributed by atoms with Gasteiger partial charge in [-0.1, -0.05) is 36.4 Å². The Balaban J connectivity index is 1.71. The SMILES string of the molecule is N#Cc1ccccc1C(Cc1ccn(-c2ccccc2)c(=O)c1)c1cnc[nH]1. The smallest absolute Gasteiger partial charge is 0.255 e. The average Bonchev–Trinajstić information content (AvgIpc) is 3.27. The van der Waals surface area contributed by atoms with Gasteiger partial charge in [-0.15, -0.1) is 0 Å².